The van der Waals surface area contributed by atoms with Crippen LogP contribution in [0.25, 0.3) is 0 Å². The number of rotatable bonds is 58. The van der Waals surface area contributed by atoms with Gasteiger partial charge in [-0.1, -0.05) is 275 Å². The van der Waals surface area contributed by atoms with Crippen LogP contribution < -0.4 is 0 Å². The molecule has 0 saturated carbocycles. The lowest BCUT2D eigenvalue weighted by Gasteiger charge is -2.24. The SMILES string of the molecule is CCCCCCC/C=C\C/C=C\C/C=C\CCCCCCCCCCCCCCCCCCCCCCCCCCC(=O)OC(COC(=O)CCCCCCCCCCCC)COP(=O)(O)OCC[N+](C)(C)C. The van der Waals surface area contributed by atoms with Crippen molar-refractivity contribution in [2.24, 2.45) is 0 Å². The van der Waals surface area contributed by atoms with E-state index in [1.54, 1.807) is 0 Å². The minimum atomic E-state index is -4.37. The van der Waals surface area contributed by atoms with Gasteiger partial charge in [0.2, 0.25) is 0 Å². The largest absolute Gasteiger partial charge is 0.472 e. The number of nitrogens with zero attached hydrogens (tertiary/aromatic N) is 1. The van der Waals surface area contributed by atoms with Crippen molar-refractivity contribution in [1.29, 1.82) is 0 Å². The molecular formula is C63H121NO8P+. The van der Waals surface area contributed by atoms with Crippen molar-refractivity contribution in [3.05, 3.63) is 36.5 Å². The van der Waals surface area contributed by atoms with Gasteiger partial charge in [0.1, 0.15) is 19.8 Å². The maximum atomic E-state index is 12.8. The first-order valence-electron chi connectivity index (χ1n) is 31.2. The third kappa shape index (κ3) is 59.3. The van der Waals surface area contributed by atoms with Crippen molar-refractivity contribution < 1.29 is 42.1 Å². The number of phosphoric ester groups is 1. The van der Waals surface area contributed by atoms with Crippen LogP contribution in [-0.4, -0.2) is 74.9 Å². The summed E-state index contributed by atoms with van der Waals surface area (Å²) < 4.78 is 34.5. The molecule has 0 aliphatic heterocycles. The number of allylic oxidation sites excluding steroid dienone is 6. The highest BCUT2D eigenvalue weighted by atomic mass is 31.2. The van der Waals surface area contributed by atoms with E-state index in [1.165, 1.54) is 225 Å². The quantitative estimate of drug-likeness (QED) is 0.0211. The predicted molar refractivity (Wildman–Crippen MR) is 312 cm³/mol. The van der Waals surface area contributed by atoms with E-state index in [2.05, 4.69) is 50.3 Å². The fourth-order valence-corrected chi connectivity index (χ4v) is 9.83. The van der Waals surface area contributed by atoms with Gasteiger partial charge >= 0.3 is 19.8 Å². The first-order valence-corrected chi connectivity index (χ1v) is 32.7. The summed E-state index contributed by atoms with van der Waals surface area (Å²) in [6.07, 6.45) is 68.3. The Hall–Kier alpha value is -1.77. The minimum Gasteiger partial charge on any atom is -0.462 e. The molecule has 1 N–H and O–H groups in total. The van der Waals surface area contributed by atoms with Crippen LogP contribution in [0.5, 0.6) is 0 Å². The van der Waals surface area contributed by atoms with Crippen LogP contribution in [0.3, 0.4) is 0 Å². The number of ether oxygens (including phenoxy) is 2. The summed E-state index contributed by atoms with van der Waals surface area (Å²) in [5.74, 6) is -0.784. The zero-order valence-electron chi connectivity index (χ0n) is 48.9. The molecule has 0 bridgehead atoms. The molecule has 0 heterocycles. The molecule has 0 saturated heterocycles. The zero-order chi connectivity index (χ0) is 53.5. The molecule has 10 heteroatoms. The Bertz CT molecular complexity index is 1330. The molecule has 73 heavy (non-hydrogen) atoms. The molecule has 430 valence electrons. The Kier molecular flexibility index (Phi) is 53.7. The lowest BCUT2D eigenvalue weighted by atomic mass is 10.0. The molecule has 9 nitrogen and oxygen atoms in total. The van der Waals surface area contributed by atoms with Gasteiger partial charge in [-0.25, -0.2) is 4.57 Å². The van der Waals surface area contributed by atoms with E-state index in [0.717, 1.165) is 44.9 Å². The van der Waals surface area contributed by atoms with Gasteiger partial charge in [-0.3, -0.25) is 18.6 Å². The van der Waals surface area contributed by atoms with Gasteiger partial charge in [0.15, 0.2) is 6.10 Å². The summed E-state index contributed by atoms with van der Waals surface area (Å²) in [5.41, 5.74) is 0. The van der Waals surface area contributed by atoms with Crippen LogP contribution in [0.4, 0.5) is 0 Å². The molecular weight excluding hydrogens is 930 g/mol. The topological polar surface area (TPSA) is 108 Å². The Morgan fingerprint density at radius 2 is 0.740 bits per heavy atom. The molecule has 0 spiro atoms. The standard InChI is InChI=1S/C63H120NO8P/c1-6-8-10-12-14-16-18-19-20-21-22-23-24-25-26-27-28-29-30-31-32-33-34-35-36-37-38-39-40-41-42-43-44-45-46-48-50-52-54-56-63(66)72-61(60-71-73(67,68)70-58-57-64(3,4)5)59-69-62(65)55-53-51-49-47-17-15-13-11-9-7-2/h18-19,21-22,24-25,61H,6-17,20,23,26-60H2,1-5H3/p+1/b19-18-,22-21-,25-24-. The van der Waals surface area contributed by atoms with Crippen LogP contribution in [0, 0.1) is 0 Å². The highest BCUT2D eigenvalue weighted by Gasteiger charge is 2.27. The molecule has 0 rings (SSSR count). The van der Waals surface area contributed by atoms with Gasteiger partial charge in [0.05, 0.1) is 27.7 Å². The summed E-state index contributed by atoms with van der Waals surface area (Å²) in [7, 11) is 1.49. The van der Waals surface area contributed by atoms with Crippen LogP contribution in [-0.2, 0) is 32.7 Å². The predicted octanol–water partition coefficient (Wildman–Crippen LogP) is 19.5. The fourth-order valence-electron chi connectivity index (χ4n) is 9.08. The average Bonchev–Trinajstić information content (AvgIpc) is 3.35. The lowest BCUT2D eigenvalue weighted by molar-refractivity contribution is -0.870. The van der Waals surface area contributed by atoms with Gasteiger partial charge in [0, 0.05) is 12.8 Å². The number of carbonyl (C=O) groups excluding carboxylic acids is 2. The lowest BCUT2D eigenvalue weighted by Crippen LogP contribution is -2.37. The van der Waals surface area contributed by atoms with Crippen LogP contribution in [0.1, 0.15) is 303 Å². The monoisotopic (exact) mass is 1050 g/mol. The molecule has 0 fully saturated rings. The van der Waals surface area contributed by atoms with Crippen molar-refractivity contribution in [3.63, 3.8) is 0 Å². The molecule has 2 unspecified atom stereocenters. The molecule has 0 aliphatic carbocycles. The molecule has 0 aliphatic rings. The number of phosphoric acid groups is 1. The summed E-state index contributed by atoms with van der Waals surface area (Å²) in [6.45, 7) is 4.44. The maximum absolute atomic E-state index is 12.8. The van der Waals surface area contributed by atoms with Gasteiger partial charge in [-0.05, 0) is 51.4 Å². The number of hydrogen-bond donors (Lipinski definition) is 1. The Morgan fingerprint density at radius 3 is 1.10 bits per heavy atom. The summed E-state index contributed by atoms with van der Waals surface area (Å²) in [4.78, 5) is 35.5. The van der Waals surface area contributed by atoms with Gasteiger partial charge in [-0.2, -0.15) is 0 Å². The van der Waals surface area contributed by atoms with Crippen molar-refractivity contribution >= 4 is 19.8 Å². The van der Waals surface area contributed by atoms with E-state index in [9.17, 15) is 19.0 Å². The average molecular weight is 1050 g/mol. The molecule has 2 atom stereocenters. The molecule has 0 radical (unpaired) electrons. The van der Waals surface area contributed by atoms with Crippen molar-refractivity contribution in [1.82, 2.24) is 0 Å². The third-order valence-electron chi connectivity index (χ3n) is 13.9. The fraction of sp³-hybridized carbons (Fsp3) is 0.873. The Morgan fingerprint density at radius 1 is 0.425 bits per heavy atom. The highest BCUT2D eigenvalue weighted by Crippen LogP contribution is 2.43. The van der Waals surface area contributed by atoms with E-state index < -0.39 is 26.5 Å². The minimum absolute atomic E-state index is 0.0350. The van der Waals surface area contributed by atoms with E-state index in [0.29, 0.717) is 23.9 Å². The Labute approximate surface area is 452 Å². The summed E-state index contributed by atoms with van der Waals surface area (Å²) in [6, 6.07) is 0. The second kappa shape index (κ2) is 55.0. The van der Waals surface area contributed by atoms with Crippen molar-refractivity contribution in [2.45, 2.75) is 309 Å². The van der Waals surface area contributed by atoms with E-state index in [-0.39, 0.29) is 25.6 Å². The molecule has 0 aromatic heterocycles. The van der Waals surface area contributed by atoms with E-state index in [4.69, 9.17) is 18.5 Å². The van der Waals surface area contributed by atoms with Gasteiger partial charge < -0.3 is 18.9 Å². The normalized spacial score (nSPS) is 13.5. The van der Waals surface area contributed by atoms with Crippen molar-refractivity contribution in [3.8, 4) is 0 Å². The third-order valence-corrected chi connectivity index (χ3v) is 14.9. The molecule has 0 amide bonds. The number of carbonyl (C=O) groups is 2. The van der Waals surface area contributed by atoms with Gasteiger partial charge in [-0.15, -0.1) is 0 Å². The molecule has 0 aromatic carbocycles. The first-order chi connectivity index (χ1) is 35.5. The highest BCUT2D eigenvalue weighted by molar-refractivity contribution is 7.47. The number of quaternary nitrogens is 1. The number of unbranched alkanes of at least 4 members (excludes halogenated alkanes) is 38. The van der Waals surface area contributed by atoms with Gasteiger partial charge in [0.25, 0.3) is 0 Å². The van der Waals surface area contributed by atoms with Crippen LogP contribution in [0.2, 0.25) is 0 Å². The van der Waals surface area contributed by atoms with Crippen LogP contribution >= 0.6 is 7.82 Å². The van der Waals surface area contributed by atoms with E-state index >= 15 is 0 Å². The smallest absolute Gasteiger partial charge is 0.462 e. The second-order valence-electron chi connectivity index (χ2n) is 22.5. The summed E-state index contributed by atoms with van der Waals surface area (Å²) in [5, 5.41) is 0. The second-order valence-corrected chi connectivity index (χ2v) is 23.9. The summed E-state index contributed by atoms with van der Waals surface area (Å²) >= 11 is 0. The van der Waals surface area contributed by atoms with Crippen molar-refractivity contribution in [2.75, 3.05) is 47.5 Å². The number of hydrogen-bond acceptors (Lipinski definition) is 7. The first kappa shape index (κ1) is 71.2. The van der Waals surface area contributed by atoms with Crippen LogP contribution in [0.15, 0.2) is 36.5 Å². The maximum Gasteiger partial charge on any atom is 0.472 e. The number of likely N-dealkylation sites (N-methyl/N-ethyl adjacent to an activating group) is 1. The molecule has 0 aromatic rings. The Balaban J connectivity index is 3.83. The zero-order valence-corrected chi connectivity index (χ0v) is 49.8. The number of esters is 2. The van der Waals surface area contributed by atoms with E-state index in [1.807, 2.05) is 21.1 Å².